The first-order valence-electron chi connectivity index (χ1n) is 5.58. The van der Waals surface area contributed by atoms with Crippen LogP contribution in [0.1, 0.15) is 17.5 Å². The summed E-state index contributed by atoms with van der Waals surface area (Å²) in [6.45, 7) is 1.46. The fourth-order valence-electron chi connectivity index (χ4n) is 1.45. The highest BCUT2D eigenvalue weighted by Gasteiger charge is 2.00. The van der Waals surface area contributed by atoms with Crippen molar-refractivity contribution < 1.29 is 13.5 Å². The minimum absolute atomic E-state index is 0.0576. The molecule has 4 nitrogen and oxygen atoms in total. The van der Waals surface area contributed by atoms with Gasteiger partial charge in [0.05, 0.1) is 12.4 Å². The minimum Gasteiger partial charge on any atom is -0.392 e. The van der Waals surface area contributed by atoms with Gasteiger partial charge in [-0.3, -0.25) is 0 Å². The van der Waals surface area contributed by atoms with Crippen molar-refractivity contribution in [3.8, 4) is 0 Å². The molecule has 1 rings (SSSR count). The van der Waals surface area contributed by atoms with Crippen LogP contribution in [0.5, 0.6) is 0 Å². The highest BCUT2D eigenvalue weighted by molar-refractivity contribution is 7.90. The molecule has 0 fully saturated rings. The number of hydrogen-bond acceptors (Lipinski definition) is 4. The van der Waals surface area contributed by atoms with Crippen LogP contribution in [0, 0.1) is 0 Å². The molecule has 1 aromatic rings. The zero-order chi connectivity index (χ0) is 12.7. The number of rotatable bonds is 7. The Morgan fingerprint density at radius 1 is 1.18 bits per heavy atom. The van der Waals surface area contributed by atoms with Crippen LogP contribution in [0.25, 0.3) is 0 Å². The summed E-state index contributed by atoms with van der Waals surface area (Å²) in [6.07, 6.45) is 1.88. The molecular weight excluding hydrogens is 238 g/mol. The van der Waals surface area contributed by atoms with Gasteiger partial charge in [0.1, 0.15) is 9.84 Å². The Morgan fingerprint density at radius 3 is 2.29 bits per heavy atom. The quantitative estimate of drug-likeness (QED) is 0.706. The first-order chi connectivity index (χ1) is 8.01. The molecule has 0 saturated heterocycles. The van der Waals surface area contributed by atoms with Crippen molar-refractivity contribution in [3.63, 3.8) is 0 Å². The van der Waals surface area contributed by atoms with Crippen LogP contribution >= 0.6 is 0 Å². The van der Waals surface area contributed by atoms with Gasteiger partial charge in [0, 0.05) is 12.8 Å². The molecule has 0 bridgehead atoms. The van der Waals surface area contributed by atoms with Gasteiger partial charge in [0.25, 0.3) is 0 Å². The Labute approximate surface area is 103 Å². The van der Waals surface area contributed by atoms with Gasteiger partial charge in [-0.05, 0) is 24.1 Å². The molecule has 0 spiro atoms. The normalized spacial score (nSPS) is 11.6. The molecule has 0 aliphatic heterocycles. The van der Waals surface area contributed by atoms with Crippen molar-refractivity contribution in [1.82, 2.24) is 5.32 Å². The third-order valence-electron chi connectivity index (χ3n) is 2.40. The van der Waals surface area contributed by atoms with Crippen molar-refractivity contribution >= 4 is 9.84 Å². The van der Waals surface area contributed by atoms with Gasteiger partial charge < -0.3 is 10.4 Å². The van der Waals surface area contributed by atoms with E-state index in [0.717, 1.165) is 17.7 Å². The van der Waals surface area contributed by atoms with Crippen molar-refractivity contribution in [2.24, 2.45) is 0 Å². The fraction of sp³-hybridized carbons (Fsp3) is 0.500. The third-order valence-corrected chi connectivity index (χ3v) is 3.43. The average Bonchev–Trinajstić information content (AvgIpc) is 2.28. The molecule has 0 aliphatic carbocycles. The smallest absolute Gasteiger partial charge is 0.147 e. The van der Waals surface area contributed by atoms with Gasteiger partial charge in [-0.2, -0.15) is 0 Å². The number of sulfone groups is 1. The van der Waals surface area contributed by atoms with Crippen LogP contribution in [0.15, 0.2) is 24.3 Å². The largest absolute Gasteiger partial charge is 0.392 e. The Hall–Kier alpha value is -0.910. The zero-order valence-corrected chi connectivity index (χ0v) is 10.8. The predicted molar refractivity (Wildman–Crippen MR) is 68.4 cm³/mol. The maximum Gasteiger partial charge on any atom is 0.147 e. The molecule has 0 atom stereocenters. The van der Waals surface area contributed by atoms with Gasteiger partial charge in [-0.25, -0.2) is 8.42 Å². The van der Waals surface area contributed by atoms with E-state index in [-0.39, 0.29) is 12.4 Å². The Balaban J connectivity index is 2.22. The molecule has 0 aliphatic rings. The first kappa shape index (κ1) is 14.2. The van der Waals surface area contributed by atoms with E-state index in [9.17, 15) is 8.42 Å². The van der Waals surface area contributed by atoms with E-state index in [1.54, 1.807) is 0 Å². The van der Waals surface area contributed by atoms with Crippen molar-refractivity contribution in [1.29, 1.82) is 0 Å². The molecule has 0 heterocycles. The Morgan fingerprint density at radius 2 is 1.76 bits per heavy atom. The molecule has 96 valence electrons. The number of aliphatic hydroxyl groups excluding tert-OH is 1. The summed E-state index contributed by atoms with van der Waals surface area (Å²) < 4.78 is 21.8. The van der Waals surface area contributed by atoms with Gasteiger partial charge in [0.15, 0.2) is 0 Å². The summed E-state index contributed by atoms with van der Waals surface area (Å²) in [7, 11) is -2.85. The van der Waals surface area contributed by atoms with Gasteiger partial charge in [-0.1, -0.05) is 24.3 Å². The molecule has 5 heteroatoms. The van der Waals surface area contributed by atoms with Gasteiger partial charge >= 0.3 is 0 Å². The molecule has 1 aromatic carbocycles. The van der Waals surface area contributed by atoms with Crippen molar-refractivity contribution in [2.45, 2.75) is 19.6 Å². The third kappa shape index (κ3) is 6.41. The molecule has 17 heavy (non-hydrogen) atoms. The van der Waals surface area contributed by atoms with E-state index in [1.807, 2.05) is 24.3 Å². The topological polar surface area (TPSA) is 66.4 Å². The maximum absolute atomic E-state index is 10.9. The Bertz CT molecular complexity index is 426. The minimum atomic E-state index is -2.85. The number of hydrogen-bond donors (Lipinski definition) is 2. The van der Waals surface area contributed by atoms with E-state index in [2.05, 4.69) is 5.32 Å². The molecular formula is C12H19NO3S. The highest BCUT2D eigenvalue weighted by atomic mass is 32.2. The van der Waals surface area contributed by atoms with E-state index in [1.165, 1.54) is 6.26 Å². The summed E-state index contributed by atoms with van der Waals surface area (Å²) in [6, 6.07) is 7.67. The monoisotopic (exact) mass is 257 g/mol. The van der Waals surface area contributed by atoms with Crippen LogP contribution in [0.3, 0.4) is 0 Å². The van der Waals surface area contributed by atoms with E-state index in [0.29, 0.717) is 13.0 Å². The number of benzene rings is 1. The van der Waals surface area contributed by atoms with Crippen LogP contribution in [-0.4, -0.2) is 32.1 Å². The lowest BCUT2D eigenvalue weighted by Gasteiger charge is -2.05. The average molecular weight is 257 g/mol. The summed E-state index contributed by atoms with van der Waals surface area (Å²) in [5.41, 5.74) is 2.02. The molecule has 0 saturated carbocycles. The lowest BCUT2D eigenvalue weighted by molar-refractivity contribution is 0.282. The Kier molecular flexibility index (Phi) is 5.61. The molecule has 0 unspecified atom stereocenters. The van der Waals surface area contributed by atoms with Gasteiger partial charge in [0.2, 0.25) is 0 Å². The van der Waals surface area contributed by atoms with Crippen molar-refractivity contribution in [2.75, 3.05) is 18.6 Å². The molecule has 0 radical (unpaired) electrons. The SMILES string of the molecule is CS(=O)(=O)CCCNCc1ccc(CO)cc1. The second-order valence-corrected chi connectivity index (χ2v) is 6.39. The fourth-order valence-corrected chi connectivity index (χ4v) is 2.12. The van der Waals surface area contributed by atoms with Crippen LogP contribution < -0.4 is 5.32 Å². The lowest BCUT2D eigenvalue weighted by Crippen LogP contribution is -2.17. The first-order valence-corrected chi connectivity index (χ1v) is 7.64. The highest BCUT2D eigenvalue weighted by Crippen LogP contribution is 2.03. The zero-order valence-electron chi connectivity index (χ0n) is 10.0. The standard InChI is InChI=1S/C12H19NO3S/c1-17(15,16)8-2-7-13-9-11-3-5-12(10-14)6-4-11/h3-6,13-14H,2,7-10H2,1H3. The second-order valence-electron chi connectivity index (χ2n) is 4.13. The maximum atomic E-state index is 10.9. The van der Waals surface area contributed by atoms with Crippen LogP contribution in [0.4, 0.5) is 0 Å². The van der Waals surface area contributed by atoms with E-state index >= 15 is 0 Å². The summed E-state index contributed by atoms with van der Waals surface area (Å²) in [5, 5.41) is 12.1. The van der Waals surface area contributed by atoms with E-state index in [4.69, 9.17) is 5.11 Å². The molecule has 0 aromatic heterocycles. The summed E-state index contributed by atoms with van der Waals surface area (Å²) in [4.78, 5) is 0. The number of nitrogens with one attached hydrogen (secondary N) is 1. The number of aliphatic hydroxyl groups is 1. The summed E-state index contributed by atoms with van der Waals surface area (Å²) in [5.74, 6) is 0.226. The molecule has 0 amide bonds. The van der Waals surface area contributed by atoms with Crippen LogP contribution in [0.2, 0.25) is 0 Å². The van der Waals surface area contributed by atoms with Crippen LogP contribution in [-0.2, 0) is 23.0 Å². The lowest BCUT2D eigenvalue weighted by atomic mass is 10.1. The van der Waals surface area contributed by atoms with Crippen molar-refractivity contribution in [3.05, 3.63) is 35.4 Å². The molecule has 2 N–H and O–H groups in total. The van der Waals surface area contributed by atoms with Gasteiger partial charge in [-0.15, -0.1) is 0 Å². The second kappa shape index (κ2) is 6.74. The summed E-state index contributed by atoms with van der Waals surface area (Å²) >= 11 is 0. The predicted octanol–water partition coefficient (Wildman–Crippen LogP) is 0.703. The van der Waals surface area contributed by atoms with E-state index < -0.39 is 9.84 Å².